The molecule has 0 aliphatic carbocycles. The molecule has 1 aromatic rings. The van der Waals surface area contributed by atoms with Crippen molar-refractivity contribution in [3.63, 3.8) is 0 Å². The molecule has 19 heavy (non-hydrogen) atoms. The van der Waals surface area contributed by atoms with Crippen LogP contribution in [0.1, 0.15) is 24.8 Å². The van der Waals surface area contributed by atoms with Gasteiger partial charge in [-0.15, -0.1) is 0 Å². The molecular weight excluding hydrogens is 243 g/mol. The van der Waals surface area contributed by atoms with Crippen molar-refractivity contribution in [3.05, 3.63) is 35.6 Å². The van der Waals surface area contributed by atoms with Crippen LogP contribution in [0.4, 0.5) is 4.39 Å². The summed E-state index contributed by atoms with van der Waals surface area (Å²) in [6, 6.07) is 7.25. The minimum atomic E-state index is -0.241. The zero-order chi connectivity index (χ0) is 13.4. The topological polar surface area (TPSA) is 32.3 Å². The first kappa shape index (κ1) is 12.6. The van der Waals surface area contributed by atoms with Crippen LogP contribution in [0.15, 0.2) is 24.3 Å². The SMILES string of the molecule is CN(Cc1ccc(F)cc1)C(=O)C1CC2CCC1N2. The molecule has 3 nitrogen and oxygen atoms in total. The van der Waals surface area contributed by atoms with Crippen LogP contribution in [-0.4, -0.2) is 29.9 Å². The Balaban J connectivity index is 1.62. The Bertz CT molecular complexity index is 474. The molecule has 4 heteroatoms. The van der Waals surface area contributed by atoms with E-state index in [9.17, 15) is 9.18 Å². The highest BCUT2D eigenvalue weighted by molar-refractivity contribution is 5.80. The lowest BCUT2D eigenvalue weighted by Gasteiger charge is -2.25. The van der Waals surface area contributed by atoms with Crippen molar-refractivity contribution in [2.24, 2.45) is 5.92 Å². The number of amides is 1. The molecule has 1 N–H and O–H groups in total. The molecule has 0 aromatic heterocycles. The number of fused-ring (bicyclic) bond motifs is 2. The highest BCUT2D eigenvalue weighted by Gasteiger charge is 2.43. The normalized spacial score (nSPS) is 28.6. The minimum absolute atomic E-state index is 0.129. The Morgan fingerprint density at radius 1 is 1.37 bits per heavy atom. The number of carbonyl (C=O) groups excluding carboxylic acids is 1. The molecule has 3 atom stereocenters. The Hall–Kier alpha value is -1.42. The number of benzene rings is 1. The maximum atomic E-state index is 12.8. The molecule has 102 valence electrons. The lowest BCUT2D eigenvalue weighted by Crippen LogP contribution is -2.38. The molecule has 3 rings (SSSR count). The largest absolute Gasteiger partial charge is 0.341 e. The van der Waals surface area contributed by atoms with Crippen molar-refractivity contribution < 1.29 is 9.18 Å². The van der Waals surface area contributed by atoms with Crippen molar-refractivity contribution in [1.82, 2.24) is 10.2 Å². The third-order valence-electron chi connectivity index (χ3n) is 4.33. The molecule has 2 aliphatic heterocycles. The van der Waals surface area contributed by atoms with E-state index in [2.05, 4.69) is 5.32 Å². The van der Waals surface area contributed by atoms with Gasteiger partial charge in [-0.3, -0.25) is 4.79 Å². The van der Waals surface area contributed by atoms with Crippen molar-refractivity contribution in [2.45, 2.75) is 37.9 Å². The Labute approximate surface area is 112 Å². The molecule has 0 spiro atoms. The maximum absolute atomic E-state index is 12.8. The fraction of sp³-hybridized carbons (Fsp3) is 0.533. The van der Waals surface area contributed by atoms with Gasteiger partial charge in [-0.1, -0.05) is 12.1 Å². The Morgan fingerprint density at radius 3 is 2.68 bits per heavy atom. The van der Waals surface area contributed by atoms with Crippen LogP contribution >= 0.6 is 0 Å². The van der Waals surface area contributed by atoms with Crippen LogP contribution < -0.4 is 5.32 Å². The van der Waals surface area contributed by atoms with Gasteiger partial charge in [0, 0.05) is 25.7 Å². The van der Waals surface area contributed by atoms with Crippen LogP contribution in [0, 0.1) is 11.7 Å². The monoisotopic (exact) mass is 262 g/mol. The summed E-state index contributed by atoms with van der Waals surface area (Å²) in [5.74, 6) is 0.100. The third kappa shape index (κ3) is 2.50. The van der Waals surface area contributed by atoms with E-state index in [1.54, 1.807) is 17.0 Å². The fourth-order valence-electron chi connectivity index (χ4n) is 3.32. The number of nitrogens with one attached hydrogen (secondary N) is 1. The number of hydrogen-bond acceptors (Lipinski definition) is 2. The lowest BCUT2D eigenvalue weighted by molar-refractivity contribution is -0.135. The van der Waals surface area contributed by atoms with Crippen LogP contribution in [0.5, 0.6) is 0 Å². The van der Waals surface area contributed by atoms with Crippen LogP contribution in [-0.2, 0) is 11.3 Å². The number of rotatable bonds is 3. The zero-order valence-electron chi connectivity index (χ0n) is 11.1. The Kier molecular flexibility index (Phi) is 3.27. The van der Waals surface area contributed by atoms with Crippen molar-refractivity contribution in [2.75, 3.05) is 7.05 Å². The number of halogens is 1. The Morgan fingerprint density at radius 2 is 2.11 bits per heavy atom. The van der Waals surface area contributed by atoms with Gasteiger partial charge < -0.3 is 10.2 Å². The van der Waals surface area contributed by atoms with E-state index in [1.807, 2.05) is 7.05 Å². The van der Waals surface area contributed by atoms with E-state index >= 15 is 0 Å². The zero-order valence-corrected chi connectivity index (χ0v) is 11.1. The number of carbonyl (C=O) groups is 1. The highest BCUT2D eigenvalue weighted by Crippen LogP contribution is 2.34. The van der Waals surface area contributed by atoms with E-state index in [0.29, 0.717) is 18.6 Å². The minimum Gasteiger partial charge on any atom is -0.341 e. The van der Waals surface area contributed by atoms with Gasteiger partial charge in [0.05, 0.1) is 5.92 Å². The van der Waals surface area contributed by atoms with Crippen LogP contribution in [0.2, 0.25) is 0 Å². The summed E-state index contributed by atoms with van der Waals surface area (Å²) >= 11 is 0. The van der Waals surface area contributed by atoms with E-state index in [-0.39, 0.29) is 17.6 Å². The summed E-state index contributed by atoms with van der Waals surface area (Å²) in [4.78, 5) is 14.2. The summed E-state index contributed by atoms with van der Waals surface area (Å²) in [6.45, 7) is 0.549. The predicted molar refractivity (Wildman–Crippen MR) is 70.9 cm³/mol. The molecule has 3 unspecified atom stereocenters. The van der Waals surface area contributed by atoms with E-state index in [0.717, 1.165) is 18.4 Å². The summed E-state index contributed by atoms with van der Waals surface area (Å²) in [5.41, 5.74) is 0.966. The van der Waals surface area contributed by atoms with Gasteiger partial charge in [0.2, 0.25) is 5.91 Å². The number of hydrogen-bond donors (Lipinski definition) is 1. The van der Waals surface area contributed by atoms with Gasteiger partial charge in [-0.2, -0.15) is 0 Å². The van der Waals surface area contributed by atoms with Crippen molar-refractivity contribution in [3.8, 4) is 0 Å². The van der Waals surface area contributed by atoms with Crippen LogP contribution in [0.25, 0.3) is 0 Å². The molecule has 2 bridgehead atoms. The highest BCUT2D eigenvalue weighted by atomic mass is 19.1. The molecule has 2 heterocycles. The summed E-state index contributed by atoms with van der Waals surface area (Å²) in [5, 5.41) is 3.49. The predicted octanol–water partition coefficient (Wildman–Crippen LogP) is 1.92. The molecule has 2 aliphatic rings. The first-order valence-corrected chi connectivity index (χ1v) is 6.89. The van der Waals surface area contributed by atoms with E-state index in [1.165, 1.54) is 18.6 Å². The summed E-state index contributed by atoms with van der Waals surface area (Å²) < 4.78 is 12.8. The quantitative estimate of drug-likeness (QED) is 0.902. The van der Waals surface area contributed by atoms with Crippen molar-refractivity contribution in [1.29, 1.82) is 0 Å². The van der Waals surface area contributed by atoms with Gasteiger partial charge in [-0.25, -0.2) is 4.39 Å². The molecule has 2 fully saturated rings. The summed E-state index contributed by atoms with van der Waals surface area (Å²) in [7, 11) is 1.83. The third-order valence-corrected chi connectivity index (χ3v) is 4.33. The lowest BCUT2D eigenvalue weighted by atomic mass is 9.88. The summed E-state index contributed by atoms with van der Waals surface area (Å²) in [6.07, 6.45) is 3.29. The average molecular weight is 262 g/mol. The molecular formula is C15H19FN2O. The molecule has 1 aromatic carbocycles. The average Bonchev–Trinajstić information content (AvgIpc) is 3.03. The molecule has 0 saturated carbocycles. The van der Waals surface area contributed by atoms with Gasteiger partial charge in [-0.05, 0) is 37.0 Å². The second kappa shape index (κ2) is 4.93. The first-order valence-electron chi connectivity index (χ1n) is 6.89. The molecule has 0 radical (unpaired) electrons. The van der Waals surface area contributed by atoms with E-state index < -0.39 is 0 Å². The standard InChI is InChI=1S/C15H19FN2O/c1-18(9-10-2-4-11(16)5-3-10)15(19)13-8-12-6-7-14(13)17-12/h2-5,12-14,17H,6-9H2,1H3. The molecule has 1 amide bonds. The smallest absolute Gasteiger partial charge is 0.227 e. The first-order chi connectivity index (χ1) is 9.13. The van der Waals surface area contributed by atoms with Gasteiger partial charge >= 0.3 is 0 Å². The number of nitrogens with zero attached hydrogens (tertiary/aromatic N) is 1. The second-order valence-corrected chi connectivity index (χ2v) is 5.71. The second-order valence-electron chi connectivity index (χ2n) is 5.71. The van der Waals surface area contributed by atoms with Gasteiger partial charge in [0.25, 0.3) is 0 Å². The van der Waals surface area contributed by atoms with Crippen molar-refractivity contribution >= 4 is 5.91 Å². The van der Waals surface area contributed by atoms with Gasteiger partial charge in [0.1, 0.15) is 5.82 Å². The van der Waals surface area contributed by atoms with Gasteiger partial charge in [0.15, 0.2) is 0 Å². The van der Waals surface area contributed by atoms with Crippen LogP contribution in [0.3, 0.4) is 0 Å². The maximum Gasteiger partial charge on any atom is 0.227 e. The van der Waals surface area contributed by atoms with E-state index in [4.69, 9.17) is 0 Å². The molecule has 2 saturated heterocycles. The fourth-order valence-corrected chi connectivity index (χ4v) is 3.32.